The molecule has 3 heterocycles. The third-order valence-electron chi connectivity index (χ3n) is 5.93. The van der Waals surface area contributed by atoms with Crippen molar-refractivity contribution in [3.8, 4) is 0 Å². The van der Waals surface area contributed by atoms with E-state index in [-0.39, 0.29) is 17.2 Å². The lowest BCUT2D eigenvalue weighted by Crippen LogP contribution is -2.39. The van der Waals surface area contributed by atoms with Gasteiger partial charge in [0.15, 0.2) is 0 Å². The van der Waals surface area contributed by atoms with E-state index in [1.165, 1.54) is 5.57 Å². The SMILES string of the molecule is Cn1cc(C2=CC(C(N)=O)=NC3=CC(CN4CCC[C@@H](O)C4)=CCC32C)cn1. The van der Waals surface area contributed by atoms with Crippen LogP contribution in [-0.4, -0.2) is 57.1 Å². The highest BCUT2D eigenvalue weighted by atomic mass is 16.3. The highest BCUT2D eigenvalue weighted by Crippen LogP contribution is 2.49. The van der Waals surface area contributed by atoms with Crippen LogP contribution >= 0.6 is 0 Å². The van der Waals surface area contributed by atoms with Crippen molar-refractivity contribution < 1.29 is 9.90 Å². The van der Waals surface area contributed by atoms with E-state index in [4.69, 9.17) is 5.73 Å². The summed E-state index contributed by atoms with van der Waals surface area (Å²) in [6, 6.07) is 0. The summed E-state index contributed by atoms with van der Waals surface area (Å²) in [5.41, 5.74) is 9.53. The van der Waals surface area contributed by atoms with Crippen molar-refractivity contribution in [2.75, 3.05) is 19.6 Å². The molecule has 7 heteroatoms. The second-order valence-electron chi connectivity index (χ2n) is 8.20. The van der Waals surface area contributed by atoms with E-state index in [2.05, 4.69) is 34.1 Å². The molecule has 1 fully saturated rings. The molecule has 2 aliphatic heterocycles. The Morgan fingerprint density at radius 3 is 2.93 bits per heavy atom. The average molecular weight is 381 g/mol. The van der Waals surface area contributed by atoms with Gasteiger partial charge in [0.25, 0.3) is 5.91 Å². The van der Waals surface area contributed by atoms with Crippen molar-refractivity contribution in [2.24, 2.45) is 23.2 Å². The first kappa shape index (κ1) is 18.8. The maximum absolute atomic E-state index is 11.9. The number of hydrogen-bond donors (Lipinski definition) is 2. The molecule has 0 radical (unpaired) electrons. The van der Waals surface area contributed by atoms with Crippen molar-refractivity contribution >= 4 is 17.2 Å². The number of aliphatic hydroxyl groups is 1. The molecule has 0 spiro atoms. The van der Waals surface area contributed by atoms with Crippen molar-refractivity contribution in [1.29, 1.82) is 0 Å². The van der Waals surface area contributed by atoms with Crippen molar-refractivity contribution in [3.63, 3.8) is 0 Å². The fourth-order valence-corrected chi connectivity index (χ4v) is 4.33. The van der Waals surface area contributed by atoms with E-state index in [1.807, 2.05) is 19.4 Å². The Bertz CT molecular complexity index is 923. The van der Waals surface area contributed by atoms with Gasteiger partial charge >= 0.3 is 0 Å². The molecule has 1 aromatic rings. The maximum atomic E-state index is 11.9. The number of fused-ring (bicyclic) bond motifs is 1. The maximum Gasteiger partial charge on any atom is 0.267 e. The summed E-state index contributed by atoms with van der Waals surface area (Å²) in [5.74, 6) is -0.528. The minimum atomic E-state index is -0.528. The molecule has 148 valence electrons. The van der Waals surface area contributed by atoms with Crippen LogP contribution in [-0.2, 0) is 11.8 Å². The van der Waals surface area contributed by atoms with Gasteiger partial charge in [-0.05, 0) is 56.0 Å². The zero-order chi connectivity index (χ0) is 19.9. The van der Waals surface area contributed by atoms with E-state index in [1.54, 1.807) is 10.8 Å². The van der Waals surface area contributed by atoms with Crippen LogP contribution in [0.5, 0.6) is 0 Å². The van der Waals surface area contributed by atoms with Crippen molar-refractivity contribution in [3.05, 3.63) is 47.5 Å². The monoisotopic (exact) mass is 381 g/mol. The number of primary amides is 1. The number of carbonyl (C=O) groups is 1. The molecular formula is C21H27N5O2. The van der Waals surface area contributed by atoms with Crippen LogP contribution in [0.1, 0.15) is 31.7 Å². The third kappa shape index (κ3) is 3.47. The predicted molar refractivity (Wildman–Crippen MR) is 108 cm³/mol. The summed E-state index contributed by atoms with van der Waals surface area (Å²) >= 11 is 0. The number of nitrogens with two attached hydrogens (primary N) is 1. The molecule has 1 unspecified atom stereocenters. The molecule has 0 aromatic carbocycles. The number of likely N-dealkylation sites (tertiary alicyclic amines) is 1. The number of aryl methyl sites for hydroxylation is 1. The first-order chi connectivity index (χ1) is 13.3. The lowest BCUT2D eigenvalue weighted by molar-refractivity contribution is -0.111. The average Bonchev–Trinajstić information content (AvgIpc) is 3.07. The van der Waals surface area contributed by atoms with Gasteiger partial charge in [-0.25, -0.2) is 4.99 Å². The number of hydrogen-bond acceptors (Lipinski definition) is 5. The highest BCUT2D eigenvalue weighted by molar-refractivity contribution is 6.44. The number of aliphatic imine (C=N–C) groups is 1. The van der Waals surface area contributed by atoms with Gasteiger partial charge in [0.05, 0.1) is 18.0 Å². The Balaban J connectivity index is 1.66. The molecule has 3 N–H and O–H groups in total. The smallest absolute Gasteiger partial charge is 0.267 e. The molecule has 1 aromatic heterocycles. The van der Waals surface area contributed by atoms with Crippen LogP contribution in [0.2, 0.25) is 0 Å². The number of aromatic nitrogens is 2. The number of amides is 1. The van der Waals surface area contributed by atoms with Gasteiger partial charge in [-0.3, -0.25) is 14.4 Å². The summed E-state index contributed by atoms with van der Waals surface area (Å²) in [6.45, 7) is 4.63. The number of carbonyl (C=O) groups excluding carboxylic acids is 1. The fourth-order valence-electron chi connectivity index (χ4n) is 4.33. The zero-order valence-corrected chi connectivity index (χ0v) is 16.4. The number of rotatable bonds is 4. The molecule has 28 heavy (non-hydrogen) atoms. The van der Waals surface area contributed by atoms with E-state index >= 15 is 0 Å². The molecular weight excluding hydrogens is 354 g/mol. The van der Waals surface area contributed by atoms with E-state index in [0.717, 1.165) is 49.2 Å². The first-order valence-corrected chi connectivity index (χ1v) is 9.76. The van der Waals surface area contributed by atoms with Crippen LogP contribution in [0.15, 0.2) is 46.9 Å². The molecule has 1 aliphatic carbocycles. The number of piperidine rings is 1. The summed E-state index contributed by atoms with van der Waals surface area (Å²) in [5, 5.41) is 14.2. The normalized spacial score (nSPS) is 28.0. The second-order valence-corrected chi connectivity index (χ2v) is 8.20. The number of aliphatic hydroxyl groups excluding tert-OH is 1. The third-order valence-corrected chi connectivity index (χ3v) is 5.93. The van der Waals surface area contributed by atoms with Gasteiger partial charge in [0, 0.05) is 37.3 Å². The fraction of sp³-hybridized carbons (Fsp3) is 0.476. The zero-order valence-electron chi connectivity index (χ0n) is 16.4. The number of nitrogens with zero attached hydrogens (tertiary/aromatic N) is 4. The second kappa shape index (κ2) is 7.14. The largest absolute Gasteiger partial charge is 0.392 e. The Hall–Kier alpha value is -2.51. The summed E-state index contributed by atoms with van der Waals surface area (Å²) in [4.78, 5) is 18.8. The van der Waals surface area contributed by atoms with Crippen LogP contribution < -0.4 is 5.73 Å². The van der Waals surface area contributed by atoms with Gasteiger partial charge in [-0.15, -0.1) is 0 Å². The van der Waals surface area contributed by atoms with E-state index in [0.29, 0.717) is 6.54 Å². The number of dihydropyridines is 1. The quantitative estimate of drug-likeness (QED) is 0.824. The highest BCUT2D eigenvalue weighted by Gasteiger charge is 2.39. The van der Waals surface area contributed by atoms with Gasteiger partial charge in [-0.1, -0.05) is 6.08 Å². The van der Waals surface area contributed by atoms with E-state index in [9.17, 15) is 9.90 Å². The van der Waals surface area contributed by atoms with Crippen LogP contribution in [0.25, 0.3) is 5.57 Å². The van der Waals surface area contributed by atoms with E-state index < -0.39 is 5.91 Å². The molecule has 1 saturated heterocycles. The minimum Gasteiger partial charge on any atom is -0.392 e. The Kier molecular flexibility index (Phi) is 4.81. The Morgan fingerprint density at radius 2 is 2.25 bits per heavy atom. The molecule has 4 rings (SSSR count). The molecule has 1 amide bonds. The van der Waals surface area contributed by atoms with Crippen molar-refractivity contribution in [1.82, 2.24) is 14.7 Å². The summed E-state index contributed by atoms with van der Waals surface area (Å²) in [6.07, 6.45) is 12.3. The number of β-amino-alcohol motifs (C(OH)–C–C–N with tert-alkyl or cyclic N) is 1. The first-order valence-electron chi connectivity index (χ1n) is 9.76. The Labute approximate surface area is 164 Å². The van der Waals surface area contributed by atoms with Gasteiger partial charge in [-0.2, -0.15) is 5.10 Å². The summed E-state index contributed by atoms with van der Waals surface area (Å²) in [7, 11) is 1.88. The van der Waals surface area contributed by atoms with Crippen LogP contribution in [0.3, 0.4) is 0 Å². The van der Waals surface area contributed by atoms with Gasteiger partial charge in [0.2, 0.25) is 0 Å². The van der Waals surface area contributed by atoms with Crippen molar-refractivity contribution in [2.45, 2.75) is 32.3 Å². The lowest BCUT2D eigenvalue weighted by atomic mass is 9.69. The van der Waals surface area contributed by atoms with Gasteiger partial charge < -0.3 is 10.8 Å². The topological polar surface area (TPSA) is 96.7 Å². The number of allylic oxidation sites excluding steroid dienone is 2. The lowest BCUT2D eigenvalue weighted by Gasteiger charge is -2.38. The van der Waals surface area contributed by atoms with Gasteiger partial charge in [0.1, 0.15) is 5.71 Å². The molecule has 3 aliphatic rings. The summed E-state index contributed by atoms with van der Waals surface area (Å²) < 4.78 is 1.75. The van der Waals surface area contributed by atoms with Crippen LogP contribution in [0, 0.1) is 5.41 Å². The van der Waals surface area contributed by atoms with Crippen LogP contribution in [0.4, 0.5) is 0 Å². The predicted octanol–water partition coefficient (Wildman–Crippen LogP) is 1.42. The Morgan fingerprint density at radius 1 is 1.43 bits per heavy atom. The standard InChI is InChI=1S/C21H27N5O2/c1-21-6-5-14(11-26-7-3-4-16(27)13-26)8-19(21)24-18(20(22)28)9-17(21)15-10-23-25(2)12-15/h5,8-10,12,16,27H,3-4,6-7,11,13H2,1-2H3,(H2,22,28)/t16-,21?/m1/s1. The molecule has 2 atom stereocenters. The minimum absolute atomic E-state index is 0.245. The molecule has 7 nitrogen and oxygen atoms in total. The molecule has 0 bridgehead atoms. The molecule has 0 saturated carbocycles.